The Bertz CT molecular complexity index is 652. The molecule has 1 atom stereocenters. The summed E-state index contributed by atoms with van der Waals surface area (Å²) in [6.07, 6.45) is -0.538. The number of aromatic carboxylic acids is 1. The third-order valence-electron chi connectivity index (χ3n) is 2.73. The predicted octanol–water partition coefficient (Wildman–Crippen LogP) is 1.00. The molecule has 0 aromatic carbocycles. The highest BCUT2D eigenvalue weighted by Crippen LogP contribution is 2.27. The van der Waals surface area contributed by atoms with E-state index in [0.29, 0.717) is 0 Å². The normalized spacial score (nSPS) is 16.7. The van der Waals surface area contributed by atoms with Crippen molar-refractivity contribution >= 4 is 23.7 Å². The third kappa shape index (κ3) is 4.31. The van der Waals surface area contributed by atoms with E-state index >= 15 is 0 Å². The molecular formula is C14H17N3O6. The Kier molecular flexibility index (Phi) is 4.39. The van der Waals surface area contributed by atoms with Crippen LogP contribution in [-0.4, -0.2) is 46.3 Å². The summed E-state index contributed by atoms with van der Waals surface area (Å²) < 4.78 is 10.4. The van der Waals surface area contributed by atoms with Gasteiger partial charge in [-0.15, -0.1) is 0 Å². The minimum Gasteiger partial charge on any atom is -0.478 e. The molecule has 3 N–H and O–H groups in total. The molecule has 0 radical (unpaired) electrons. The first-order valence-electron chi connectivity index (χ1n) is 6.83. The molecule has 1 aliphatic rings. The van der Waals surface area contributed by atoms with Crippen LogP contribution in [0.2, 0.25) is 0 Å². The maximum Gasteiger partial charge on any atom is 0.407 e. The second-order valence-corrected chi connectivity index (χ2v) is 5.86. The number of nitrogens with zero attached hydrogens (tertiary/aromatic N) is 1. The molecule has 9 heteroatoms. The molecule has 0 bridgehead atoms. The van der Waals surface area contributed by atoms with Crippen molar-refractivity contribution in [3.63, 3.8) is 0 Å². The molecule has 2 heterocycles. The van der Waals surface area contributed by atoms with E-state index in [4.69, 9.17) is 14.6 Å². The second kappa shape index (κ2) is 6.11. The first-order valence-corrected chi connectivity index (χ1v) is 6.83. The summed E-state index contributed by atoms with van der Waals surface area (Å²) in [6, 6.07) is 1.25. The number of carboxylic acids is 1. The van der Waals surface area contributed by atoms with E-state index in [1.54, 1.807) is 20.8 Å². The molecule has 0 saturated heterocycles. The second-order valence-electron chi connectivity index (χ2n) is 5.86. The van der Waals surface area contributed by atoms with Crippen LogP contribution in [0.1, 0.15) is 31.1 Å². The molecule has 1 aromatic rings. The number of hydrogen-bond donors (Lipinski definition) is 3. The summed E-state index contributed by atoms with van der Waals surface area (Å²) in [7, 11) is 0. The highest BCUT2D eigenvalue weighted by atomic mass is 16.6. The molecule has 0 saturated carbocycles. The number of aromatic nitrogens is 1. The van der Waals surface area contributed by atoms with Gasteiger partial charge in [0, 0.05) is 6.20 Å². The number of fused-ring (bicyclic) bond motifs is 1. The summed E-state index contributed by atoms with van der Waals surface area (Å²) in [4.78, 5) is 38.2. The average molecular weight is 323 g/mol. The van der Waals surface area contributed by atoms with Gasteiger partial charge in [0.15, 0.2) is 6.10 Å². The van der Waals surface area contributed by atoms with Crippen molar-refractivity contribution in [2.24, 2.45) is 0 Å². The van der Waals surface area contributed by atoms with E-state index in [2.05, 4.69) is 15.6 Å². The Morgan fingerprint density at radius 2 is 2.17 bits per heavy atom. The first kappa shape index (κ1) is 16.5. The van der Waals surface area contributed by atoms with Crippen LogP contribution in [0.4, 0.5) is 10.5 Å². The zero-order chi connectivity index (χ0) is 17.2. The van der Waals surface area contributed by atoms with Crippen LogP contribution in [0.15, 0.2) is 12.3 Å². The Balaban J connectivity index is 2.00. The van der Waals surface area contributed by atoms with Gasteiger partial charge in [0.05, 0.1) is 12.1 Å². The number of amides is 2. The number of ether oxygens (including phenoxy) is 2. The van der Waals surface area contributed by atoms with Gasteiger partial charge in [-0.3, -0.25) is 4.79 Å². The molecule has 2 amide bonds. The van der Waals surface area contributed by atoms with Gasteiger partial charge in [-0.1, -0.05) is 0 Å². The predicted molar refractivity (Wildman–Crippen MR) is 78.5 cm³/mol. The van der Waals surface area contributed by atoms with E-state index in [0.717, 1.165) is 6.20 Å². The summed E-state index contributed by atoms with van der Waals surface area (Å²) in [5.74, 6) is -1.59. The highest BCUT2D eigenvalue weighted by molar-refractivity contribution is 5.99. The fourth-order valence-electron chi connectivity index (χ4n) is 1.78. The SMILES string of the molecule is CC(C)(C)OC(=O)NCC1Oc2ncc(C(=O)O)cc2NC1=O. The van der Waals surface area contributed by atoms with Crippen LogP contribution in [0, 0.1) is 0 Å². The summed E-state index contributed by atoms with van der Waals surface area (Å²) >= 11 is 0. The molecule has 0 aliphatic carbocycles. The lowest BCUT2D eigenvalue weighted by atomic mass is 10.2. The Hall–Kier alpha value is -2.84. The van der Waals surface area contributed by atoms with Gasteiger partial charge in [-0.25, -0.2) is 14.6 Å². The van der Waals surface area contributed by atoms with Crippen LogP contribution < -0.4 is 15.4 Å². The minimum atomic E-state index is -1.16. The molecule has 23 heavy (non-hydrogen) atoms. The zero-order valence-corrected chi connectivity index (χ0v) is 12.9. The molecule has 2 rings (SSSR count). The van der Waals surface area contributed by atoms with Crippen molar-refractivity contribution in [2.75, 3.05) is 11.9 Å². The lowest BCUT2D eigenvalue weighted by Crippen LogP contribution is -2.46. The van der Waals surface area contributed by atoms with E-state index < -0.39 is 29.7 Å². The van der Waals surface area contributed by atoms with Gasteiger partial charge >= 0.3 is 12.1 Å². The quantitative estimate of drug-likeness (QED) is 0.757. The summed E-state index contributed by atoms with van der Waals surface area (Å²) in [5, 5.41) is 13.8. The van der Waals surface area contributed by atoms with Crippen molar-refractivity contribution in [1.82, 2.24) is 10.3 Å². The largest absolute Gasteiger partial charge is 0.478 e. The van der Waals surface area contributed by atoms with E-state index in [9.17, 15) is 14.4 Å². The lowest BCUT2D eigenvalue weighted by molar-refractivity contribution is -0.123. The smallest absolute Gasteiger partial charge is 0.407 e. The number of alkyl carbamates (subject to hydrolysis) is 1. The Morgan fingerprint density at radius 3 is 2.78 bits per heavy atom. The molecule has 1 aliphatic heterocycles. The zero-order valence-electron chi connectivity index (χ0n) is 12.9. The molecule has 0 fully saturated rings. The maximum absolute atomic E-state index is 11.9. The number of nitrogens with one attached hydrogen (secondary N) is 2. The van der Waals surface area contributed by atoms with Crippen molar-refractivity contribution in [2.45, 2.75) is 32.5 Å². The molecular weight excluding hydrogens is 306 g/mol. The average Bonchev–Trinajstić information content (AvgIpc) is 2.42. The number of pyridine rings is 1. The molecule has 0 spiro atoms. The lowest BCUT2D eigenvalue weighted by Gasteiger charge is -2.26. The fourth-order valence-corrected chi connectivity index (χ4v) is 1.78. The van der Waals surface area contributed by atoms with Gasteiger partial charge in [0.25, 0.3) is 5.91 Å². The van der Waals surface area contributed by atoms with Crippen LogP contribution in [0.5, 0.6) is 5.88 Å². The first-order chi connectivity index (χ1) is 10.7. The Labute approximate surface area is 132 Å². The highest BCUT2D eigenvalue weighted by Gasteiger charge is 2.30. The maximum atomic E-state index is 11.9. The van der Waals surface area contributed by atoms with E-state index in [1.165, 1.54) is 6.07 Å². The molecule has 1 aromatic heterocycles. The van der Waals surface area contributed by atoms with Gasteiger partial charge in [0.1, 0.15) is 11.3 Å². The topological polar surface area (TPSA) is 127 Å². The van der Waals surface area contributed by atoms with Crippen molar-refractivity contribution in [3.8, 4) is 5.88 Å². The van der Waals surface area contributed by atoms with Crippen molar-refractivity contribution < 1.29 is 29.0 Å². The van der Waals surface area contributed by atoms with Crippen LogP contribution in [0.3, 0.4) is 0 Å². The van der Waals surface area contributed by atoms with Crippen LogP contribution >= 0.6 is 0 Å². The van der Waals surface area contributed by atoms with Gasteiger partial charge in [-0.05, 0) is 26.8 Å². The van der Waals surface area contributed by atoms with E-state index in [-0.39, 0.29) is 23.7 Å². The van der Waals surface area contributed by atoms with Gasteiger partial charge in [0.2, 0.25) is 5.88 Å². The fraction of sp³-hybridized carbons (Fsp3) is 0.429. The van der Waals surface area contributed by atoms with Crippen LogP contribution in [-0.2, 0) is 9.53 Å². The number of rotatable bonds is 3. The summed E-state index contributed by atoms with van der Waals surface area (Å²) in [5.41, 5.74) is -0.553. The number of hydrogen-bond acceptors (Lipinski definition) is 6. The molecule has 124 valence electrons. The van der Waals surface area contributed by atoms with Crippen molar-refractivity contribution in [1.29, 1.82) is 0 Å². The summed E-state index contributed by atoms with van der Waals surface area (Å²) in [6.45, 7) is 5.05. The van der Waals surface area contributed by atoms with E-state index in [1.807, 2.05) is 0 Å². The minimum absolute atomic E-state index is 0.0713. The van der Waals surface area contributed by atoms with Crippen molar-refractivity contribution in [3.05, 3.63) is 17.8 Å². The number of anilines is 1. The third-order valence-corrected chi connectivity index (χ3v) is 2.73. The standard InChI is InChI=1S/C14H17N3O6/c1-14(2,3)23-13(21)16-6-9-10(18)17-8-4-7(12(19)20)5-15-11(8)22-9/h4-5,9H,6H2,1-3H3,(H,16,21)(H,17,18)(H,19,20). The molecule has 1 unspecified atom stereocenters. The van der Waals surface area contributed by atoms with Crippen LogP contribution in [0.25, 0.3) is 0 Å². The number of carbonyl (C=O) groups excluding carboxylic acids is 2. The monoisotopic (exact) mass is 323 g/mol. The number of carboxylic acid groups (broad SMARTS) is 1. The van der Waals surface area contributed by atoms with Gasteiger partial charge < -0.3 is 25.2 Å². The Morgan fingerprint density at radius 1 is 1.48 bits per heavy atom. The number of carbonyl (C=O) groups is 3. The molecule has 9 nitrogen and oxygen atoms in total. The van der Waals surface area contributed by atoms with Gasteiger partial charge in [-0.2, -0.15) is 0 Å².